The highest BCUT2D eigenvalue weighted by atomic mass is 16.5. The third-order valence-electron chi connectivity index (χ3n) is 6.13. The maximum Gasteiger partial charge on any atom is 0.342 e. The first-order valence-corrected chi connectivity index (χ1v) is 11.6. The van der Waals surface area contributed by atoms with Crippen LogP contribution in [-0.4, -0.2) is 78.8 Å². The molecule has 1 fully saturated rings. The number of rotatable bonds is 5. The van der Waals surface area contributed by atoms with Crippen molar-refractivity contribution in [2.75, 3.05) is 45.9 Å². The summed E-state index contributed by atoms with van der Waals surface area (Å²) in [5, 5.41) is 4.07. The van der Waals surface area contributed by atoms with Crippen LogP contribution in [0.15, 0.2) is 30.5 Å². The summed E-state index contributed by atoms with van der Waals surface area (Å²) in [6.07, 6.45) is 1.37. The zero-order chi connectivity index (χ0) is 23.6. The van der Waals surface area contributed by atoms with Crippen molar-refractivity contribution in [3.8, 4) is 0 Å². The molecule has 0 radical (unpaired) electrons. The van der Waals surface area contributed by atoms with E-state index in [1.807, 2.05) is 32.0 Å². The minimum absolute atomic E-state index is 0.222. The van der Waals surface area contributed by atoms with Crippen molar-refractivity contribution in [1.82, 2.24) is 20.1 Å². The van der Waals surface area contributed by atoms with Crippen LogP contribution < -0.4 is 5.32 Å². The molecule has 0 aliphatic carbocycles. The van der Waals surface area contributed by atoms with Gasteiger partial charge in [-0.25, -0.2) is 9.59 Å². The highest BCUT2D eigenvalue weighted by Gasteiger charge is 2.37. The van der Waals surface area contributed by atoms with Crippen LogP contribution in [0.3, 0.4) is 0 Å². The molecular weight excluding hydrogens is 420 g/mol. The van der Waals surface area contributed by atoms with E-state index in [1.54, 1.807) is 11.1 Å². The fourth-order valence-corrected chi connectivity index (χ4v) is 4.63. The number of esters is 1. The topological polar surface area (TPSA) is 86.9 Å². The second-order valence-corrected chi connectivity index (χ2v) is 9.62. The lowest BCUT2D eigenvalue weighted by Gasteiger charge is -2.30. The molecule has 8 nitrogen and oxygen atoms in total. The Hall–Kier alpha value is -2.84. The molecule has 2 aliphatic rings. The van der Waals surface area contributed by atoms with E-state index in [0.717, 1.165) is 55.0 Å². The van der Waals surface area contributed by atoms with Gasteiger partial charge >= 0.3 is 12.0 Å². The van der Waals surface area contributed by atoms with Crippen molar-refractivity contribution in [2.45, 2.75) is 39.2 Å². The number of benzene rings is 1. The average molecular weight is 455 g/mol. The number of aromatic amines is 1. The van der Waals surface area contributed by atoms with Gasteiger partial charge in [-0.2, -0.15) is 0 Å². The quantitative estimate of drug-likeness (QED) is 0.678. The number of H-pyrrole nitrogens is 1. The molecule has 0 bridgehead atoms. The Kier molecular flexibility index (Phi) is 6.76. The first kappa shape index (κ1) is 23.3. The number of carbonyl (C=O) groups excluding carboxylic acids is 2. The zero-order valence-electron chi connectivity index (χ0n) is 19.9. The smallest absolute Gasteiger partial charge is 0.342 e. The second-order valence-electron chi connectivity index (χ2n) is 9.62. The summed E-state index contributed by atoms with van der Waals surface area (Å²) in [5.74, 6) is -0.443. The largest absolute Gasteiger partial charge is 0.459 e. The Labute approximate surface area is 194 Å². The first-order chi connectivity index (χ1) is 15.8. The lowest BCUT2D eigenvalue weighted by molar-refractivity contribution is -0.140. The Morgan fingerprint density at radius 2 is 1.94 bits per heavy atom. The minimum Gasteiger partial charge on any atom is -0.459 e. The van der Waals surface area contributed by atoms with E-state index in [0.29, 0.717) is 18.7 Å². The first-order valence-electron chi connectivity index (χ1n) is 11.6. The number of hydrogen-bond acceptors (Lipinski definition) is 5. The minimum atomic E-state index is -0.443. The number of nitrogens with one attached hydrogen (secondary N) is 2. The van der Waals surface area contributed by atoms with Gasteiger partial charge in [-0.15, -0.1) is 0 Å². The number of carbonyl (C=O) groups is 2. The highest BCUT2D eigenvalue weighted by Crippen LogP contribution is 2.40. The van der Waals surface area contributed by atoms with Gasteiger partial charge in [0.15, 0.2) is 0 Å². The van der Waals surface area contributed by atoms with Crippen LogP contribution in [0.5, 0.6) is 0 Å². The van der Waals surface area contributed by atoms with Crippen LogP contribution in [0.1, 0.15) is 39.0 Å². The summed E-state index contributed by atoms with van der Waals surface area (Å²) >= 11 is 0. The van der Waals surface area contributed by atoms with Gasteiger partial charge in [0.2, 0.25) is 0 Å². The van der Waals surface area contributed by atoms with Crippen molar-refractivity contribution in [3.05, 3.63) is 41.7 Å². The van der Waals surface area contributed by atoms with E-state index >= 15 is 0 Å². The number of para-hydroxylation sites is 1. The summed E-state index contributed by atoms with van der Waals surface area (Å²) in [6, 6.07) is 7.79. The third kappa shape index (κ3) is 5.07. The average Bonchev–Trinajstić information content (AvgIpc) is 3.11. The molecule has 0 atom stereocenters. The number of urea groups is 1. The van der Waals surface area contributed by atoms with E-state index in [-0.39, 0.29) is 12.1 Å². The van der Waals surface area contributed by atoms with Crippen molar-refractivity contribution < 1.29 is 19.1 Å². The van der Waals surface area contributed by atoms with Gasteiger partial charge < -0.3 is 19.8 Å². The van der Waals surface area contributed by atoms with Crippen LogP contribution in [0.4, 0.5) is 4.79 Å². The molecule has 2 N–H and O–H groups in total. The SMILES string of the molecule is CC(C)OC(=O)C1=CN(C(=O)NCCN2CCOCC2)CC(C)(C)c2c1[nH]c1ccccc21. The molecular formula is C25H34N4O4. The Balaban J connectivity index is 1.63. The molecule has 0 spiro atoms. The van der Waals surface area contributed by atoms with Gasteiger partial charge in [0, 0.05) is 55.2 Å². The molecule has 1 aromatic carbocycles. The van der Waals surface area contributed by atoms with Gasteiger partial charge in [0.25, 0.3) is 0 Å². The summed E-state index contributed by atoms with van der Waals surface area (Å²) in [7, 11) is 0. The predicted molar refractivity (Wildman–Crippen MR) is 128 cm³/mol. The van der Waals surface area contributed by atoms with E-state index in [2.05, 4.69) is 35.1 Å². The lowest BCUT2D eigenvalue weighted by Crippen LogP contribution is -2.46. The molecule has 178 valence electrons. The van der Waals surface area contributed by atoms with Crippen molar-refractivity contribution in [2.24, 2.45) is 0 Å². The van der Waals surface area contributed by atoms with Gasteiger partial charge in [0.1, 0.15) is 0 Å². The zero-order valence-corrected chi connectivity index (χ0v) is 19.9. The third-order valence-corrected chi connectivity index (χ3v) is 6.13. The summed E-state index contributed by atoms with van der Waals surface area (Å²) in [6.45, 7) is 12.8. The maximum absolute atomic E-state index is 13.2. The van der Waals surface area contributed by atoms with Crippen LogP contribution >= 0.6 is 0 Å². The van der Waals surface area contributed by atoms with Gasteiger partial charge in [-0.3, -0.25) is 9.80 Å². The van der Waals surface area contributed by atoms with Crippen molar-refractivity contribution in [1.29, 1.82) is 0 Å². The molecule has 33 heavy (non-hydrogen) atoms. The van der Waals surface area contributed by atoms with Crippen molar-refractivity contribution >= 4 is 28.5 Å². The van der Waals surface area contributed by atoms with E-state index in [1.165, 1.54) is 0 Å². The monoisotopic (exact) mass is 454 g/mol. The molecule has 3 heterocycles. The van der Waals surface area contributed by atoms with Crippen LogP contribution in [0.25, 0.3) is 16.5 Å². The van der Waals surface area contributed by atoms with E-state index in [9.17, 15) is 9.59 Å². The summed E-state index contributed by atoms with van der Waals surface area (Å²) < 4.78 is 10.9. The maximum atomic E-state index is 13.2. The molecule has 0 unspecified atom stereocenters. The molecule has 8 heteroatoms. The number of ether oxygens (including phenoxy) is 2. The van der Waals surface area contributed by atoms with E-state index in [4.69, 9.17) is 9.47 Å². The number of fused-ring (bicyclic) bond motifs is 3. The molecule has 2 aromatic rings. The fourth-order valence-electron chi connectivity index (χ4n) is 4.63. The molecule has 2 amide bonds. The van der Waals surface area contributed by atoms with Crippen LogP contribution in [0, 0.1) is 0 Å². The van der Waals surface area contributed by atoms with Gasteiger partial charge in [-0.05, 0) is 25.5 Å². The number of aromatic nitrogens is 1. The Bertz CT molecular complexity index is 1050. The van der Waals surface area contributed by atoms with Gasteiger partial charge in [0.05, 0.1) is 30.6 Å². The number of hydrogen-bond donors (Lipinski definition) is 2. The Morgan fingerprint density at radius 3 is 2.67 bits per heavy atom. The lowest BCUT2D eigenvalue weighted by atomic mass is 9.82. The number of nitrogens with zero attached hydrogens (tertiary/aromatic N) is 2. The van der Waals surface area contributed by atoms with Crippen molar-refractivity contribution in [3.63, 3.8) is 0 Å². The van der Waals surface area contributed by atoms with Gasteiger partial charge in [-0.1, -0.05) is 32.0 Å². The van der Waals surface area contributed by atoms with Crippen LogP contribution in [-0.2, 0) is 19.7 Å². The Morgan fingerprint density at radius 1 is 1.21 bits per heavy atom. The standard InChI is InChI=1S/C25H34N4O4/c1-17(2)33-23(30)19-15-29(24(31)26-9-10-28-11-13-32-14-12-28)16-25(3,4)21-18-7-5-6-8-20(18)27-22(19)21/h5-8,15,17,27H,9-14,16H2,1-4H3,(H,26,31). The fraction of sp³-hybridized carbons (Fsp3) is 0.520. The molecule has 4 rings (SSSR count). The molecule has 0 saturated carbocycles. The molecule has 1 aromatic heterocycles. The summed E-state index contributed by atoms with van der Waals surface area (Å²) in [4.78, 5) is 33.6. The second kappa shape index (κ2) is 9.57. The highest BCUT2D eigenvalue weighted by molar-refractivity contribution is 6.18. The predicted octanol–water partition coefficient (Wildman–Crippen LogP) is 3.10. The van der Waals surface area contributed by atoms with Crippen LogP contribution in [0.2, 0.25) is 0 Å². The van der Waals surface area contributed by atoms with E-state index < -0.39 is 11.4 Å². The normalized spacial score (nSPS) is 18.6. The number of amides is 2. The number of morpholine rings is 1. The molecule has 2 aliphatic heterocycles. The summed E-state index contributed by atoms with van der Waals surface area (Å²) in [5.41, 5.74) is 2.67. The molecule has 1 saturated heterocycles.